The van der Waals surface area contributed by atoms with Gasteiger partial charge in [0.05, 0.1) is 5.25 Å². The zero-order chi connectivity index (χ0) is 43.7. The number of likely N-dealkylation sites (N-methyl/N-ethyl adjacent to an activating group) is 1. The number of nitrogens with two attached hydrogens (primary N) is 1. The van der Waals surface area contributed by atoms with Gasteiger partial charge in [-0.3, -0.25) is 38.6 Å². The molecule has 1 saturated heterocycles. The molecule has 18 heteroatoms. The second-order valence-electron chi connectivity index (χ2n) is 15.8. The number of benzene rings is 1. The van der Waals surface area contributed by atoms with Crippen LogP contribution in [-0.4, -0.2) is 107 Å². The van der Waals surface area contributed by atoms with Gasteiger partial charge in [-0.1, -0.05) is 60.1 Å². The molecule has 1 aliphatic heterocycles. The predicted octanol–water partition coefficient (Wildman–Crippen LogP) is 3.07. The van der Waals surface area contributed by atoms with E-state index in [4.69, 9.17) is 10.5 Å². The highest BCUT2D eigenvalue weighted by atomic mass is 32.1. The summed E-state index contributed by atoms with van der Waals surface area (Å²) >= 11 is 4.12. The maximum atomic E-state index is 13.5. The molecule has 0 spiro atoms. The smallest absolute Gasteiger partial charge is 0.410 e. The highest BCUT2D eigenvalue weighted by molar-refractivity contribution is 7.81. The maximum absolute atomic E-state index is 13.5. The lowest BCUT2D eigenvalue weighted by molar-refractivity contribution is -0.138. The second kappa shape index (κ2) is 24.1. The summed E-state index contributed by atoms with van der Waals surface area (Å²) in [6.07, 6.45) is 1.58. The molecule has 1 heterocycles. The Morgan fingerprint density at radius 1 is 0.845 bits per heavy atom. The number of imide groups is 1. The Kier molecular flexibility index (Phi) is 20.5. The van der Waals surface area contributed by atoms with Gasteiger partial charge in [0, 0.05) is 44.7 Å². The fourth-order valence-electron chi connectivity index (χ4n) is 6.14. The van der Waals surface area contributed by atoms with Crippen LogP contribution in [0, 0.1) is 17.8 Å². The third-order valence-electron chi connectivity index (χ3n) is 9.93. The van der Waals surface area contributed by atoms with Gasteiger partial charge >= 0.3 is 12.1 Å². The van der Waals surface area contributed by atoms with E-state index in [0.717, 1.165) is 0 Å². The number of amides is 9. The first-order chi connectivity index (χ1) is 27.2. The topological polar surface area (TPSA) is 238 Å². The Morgan fingerprint density at radius 3 is 2.05 bits per heavy atom. The Hall–Kier alpha value is -4.87. The lowest BCUT2D eigenvalue weighted by Gasteiger charge is -2.31. The van der Waals surface area contributed by atoms with Crippen molar-refractivity contribution in [2.24, 2.45) is 23.5 Å². The molecule has 1 aromatic carbocycles. The molecule has 1 aromatic rings. The molecule has 2 rings (SSSR count). The molecule has 0 radical (unpaired) electrons. The number of anilines is 1. The van der Waals surface area contributed by atoms with Gasteiger partial charge in [0.1, 0.15) is 24.7 Å². The molecule has 1 aliphatic rings. The quantitative estimate of drug-likeness (QED) is 0.0487. The monoisotopic (exact) mass is 832 g/mol. The fourth-order valence-corrected chi connectivity index (χ4v) is 6.43. The van der Waals surface area contributed by atoms with Gasteiger partial charge in [0.25, 0.3) is 0 Å². The van der Waals surface area contributed by atoms with Crippen LogP contribution in [0.25, 0.3) is 0 Å². The molecule has 0 aromatic heterocycles. The van der Waals surface area contributed by atoms with Gasteiger partial charge < -0.3 is 37.1 Å². The zero-order valence-corrected chi connectivity index (χ0v) is 36.0. The van der Waals surface area contributed by atoms with E-state index >= 15 is 0 Å². The number of nitrogens with one attached hydrogen (secondary N) is 5. The molecule has 1 unspecified atom stereocenters. The van der Waals surface area contributed by atoms with E-state index in [0.29, 0.717) is 36.9 Å². The van der Waals surface area contributed by atoms with Crippen molar-refractivity contribution in [1.82, 2.24) is 31.1 Å². The van der Waals surface area contributed by atoms with Crippen LogP contribution in [0.1, 0.15) is 99.0 Å². The van der Waals surface area contributed by atoms with Crippen molar-refractivity contribution >= 4 is 65.9 Å². The third-order valence-corrected chi connectivity index (χ3v) is 10.3. The van der Waals surface area contributed by atoms with Gasteiger partial charge in [-0.25, -0.2) is 9.59 Å². The van der Waals surface area contributed by atoms with Gasteiger partial charge in [-0.05, 0) is 68.1 Å². The summed E-state index contributed by atoms with van der Waals surface area (Å²) in [4.78, 5) is 104. The Balaban J connectivity index is 1.99. The number of ether oxygens (including phenoxy) is 1. The van der Waals surface area contributed by atoms with Crippen molar-refractivity contribution < 1.29 is 43.1 Å². The number of thiol groups is 1. The standard InChI is InChI=1S/C40H64N8O9S/c1-23(2)26(7)43-37(53)34(25(5)6)47(8)40(56)57-22-27-15-17-28(18-16-27)44-35(51)29(13-12-19-42-39(41)55)45-36(52)33(24(3)4)46-31(49)14-10-9-11-20-48-32(50)21-30(58)38(48)54/h15-18,23-26,29-30,33-34,58H,9-14,19-22H2,1-8H3,(H,43,53)(H,44,51)(H,45,52)(H,46,49)(H3,41,42,55)/t26-,29+,30?,33+,34+/m1/s1. The molecule has 58 heavy (non-hydrogen) atoms. The first-order valence-electron chi connectivity index (χ1n) is 20.0. The average molecular weight is 833 g/mol. The molecule has 0 aliphatic carbocycles. The zero-order valence-electron chi connectivity index (χ0n) is 35.1. The summed E-state index contributed by atoms with van der Waals surface area (Å²) in [6.45, 7) is 13.5. The number of carbonyl (C=O) groups is 8. The highest BCUT2D eigenvalue weighted by Gasteiger charge is 2.36. The van der Waals surface area contributed by atoms with Crippen molar-refractivity contribution in [3.63, 3.8) is 0 Å². The third kappa shape index (κ3) is 16.2. The van der Waals surface area contributed by atoms with Crippen molar-refractivity contribution in [2.75, 3.05) is 25.5 Å². The van der Waals surface area contributed by atoms with Crippen LogP contribution in [0.2, 0.25) is 0 Å². The summed E-state index contributed by atoms with van der Waals surface area (Å²) in [7, 11) is 1.52. The number of carbonyl (C=O) groups excluding carboxylic acids is 8. The van der Waals surface area contributed by atoms with Gasteiger partial charge in [0.2, 0.25) is 35.4 Å². The summed E-state index contributed by atoms with van der Waals surface area (Å²) in [5.41, 5.74) is 6.20. The SMILES string of the molecule is CC(C)[C@H](NC(=O)CCCCCN1C(=O)CC(S)C1=O)C(=O)N[C@@H](CCCNC(N)=O)C(=O)Nc1ccc(COC(=O)N(C)[C@H](C(=O)N[C@H](C)C(C)C)C(C)C)cc1. The molecule has 324 valence electrons. The summed E-state index contributed by atoms with van der Waals surface area (Å²) in [6, 6.07) is 3.04. The van der Waals surface area contributed by atoms with Crippen LogP contribution in [0.4, 0.5) is 15.3 Å². The molecule has 7 N–H and O–H groups in total. The number of nitrogens with zero attached hydrogens (tertiary/aromatic N) is 2. The molecule has 17 nitrogen and oxygen atoms in total. The molecular formula is C40H64N8O9S. The second-order valence-corrected chi connectivity index (χ2v) is 16.4. The van der Waals surface area contributed by atoms with Crippen LogP contribution in [-0.2, 0) is 40.1 Å². The molecule has 5 atom stereocenters. The number of unbranched alkanes of at least 4 members (excludes halogenated alkanes) is 2. The predicted molar refractivity (Wildman–Crippen MR) is 222 cm³/mol. The van der Waals surface area contributed by atoms with Gasteiger partial charge in [-0.2, -0.15) is 12.6 Å². The minimum atomic E-state index is -1.04. The molecule has 0 saturated carbocycles. The van der Waals surface area contributed by atoms with Crippen molar-refractivity contribution in [3.8, 4) is 0 Å². The minimum Gasteiger partial charge on any atom is -0.445 e. The van der Waals surface area contributed by atoms with Crippen LogP contribution >= 0.6 is 12.6 Å². The Labute approximate surface area is 347 Å². The fraction of sp³-hybridized carbons (Fsp3) is 0.650. The number of urea groups is 1. The van der Waals surface area contributed by atoms with Gasteiger partial charge in [0.15, 0.2) is 0 Å². The van der Waals surface area contributed by atoms with Crippen LogP contribution in [0.15, 0.2) is 24.3 Å². The van der Waals surface area contributed by atoms with Gasteiger partial charge in [-0.15, -0.1) is 0 Å². The maximum Gasteiger partial charge on any atom is 0.410 e. The Morgan fingerprint density at radius 2 is 1.50 bits per heavy atom. The molecule has 0 bridgehead atoms. The highest BCUT2D eigenvalue weighted by Crippen LogP contribution is 2.19. The largest absolute Gasteiger partial charge is 0.445 e. The summed E-state index contributed by atoms with van der Waals surface area (Å²) in [5, 5.41) is 13.1. The van der Waals surface area contributed by atoms with Crippen LogP contribution in [0.3, 0.4) is 0 Å². The van der Waals surface area contributed by atoms with E-state index in [2.05, 4.69) is 39.2 Å². The van der Waals surface area contributed by atoms with Crippen molar-refractivity contribution in [3.05, 3.63) is 29.8 Å². The summed E-state index contributed by atoms with van der Waals surface area (Å²) in [5.74, 6) is -2.54. The van der Waals surface area contributed by atoms with E-state index in [-0.39, 0.29) is 86.4 Å². The lowest BCUT2D eigenvalue weighted by Crippen LogP contribution is -2.54. The lowest BCUT2D eigenvalue weighted by atomic mass is 10.0. The van der Waals surface area contributed by atoms with Crippen LogP contribution in [0.5, 0.6) is 0 Å². The van der Waals surface area contributed by atoms with Crippen molar-refractivity contribution in [1.29, 1.82) is 0 Å². The average Bonchev–Trinajstić information content (AvgIpc) is 3.39. The van der Waals surface area contributed by atoms with E-state index < -0.39 is 47.3 Å². The van der Waals surface area contributed by atoms with Crippen LogP contribution < -0.4 is 32.3 Å². The van der Waals surface area contributed by atoms with E-state index in [1.807, 2.05) is 34.6 Å². The first-order valence-corrected chi connectivity index (χ1v) is 20.5. The van der Waals surface area contributed by atoms with E-state index in [1.165, 1.54) is 16.8 Å². The number of primary amides is 1. The number of hydrogen-bond acceptors (Lipinski definition) is 10. The molecule has 1 fully saturated rings. The summed E-state index contributed by atoms with van der Waals surface area (Å²) < 4.78 is 5.51. The molecular weight excluding hydrogens is 769 g/mol. The number of hydrogen-bond donors (Lipinski definition) is 7. The van der Waals surface area contributed by atoms with E-state index in [9.17, 15) is 38.4 Å². The Bertz CT molecular complexity index is 1590. The number of likely N-dealkylation sites (tertiary alicyclic amines) is 1. The minimum absolute atomic E-state index is 0.0714. The molecule has 9 amide bonds. The first kappa shape index (κ1) is 49.3. The van der Waals surface area contributed by atoms with E-state index in [1.54, 1.807) is 38.1 Å². The number of rotatable bonds is 23. The normalized spacial score (nSPS) is 16.1. The van der Waals surface area contributed by atoms with Crippen molar-refractivity contribution in [2.45, 2.75) is 129 Å².